The highest BCUT2D eigenvalue weighted by Crippen LogP contribution is 2.33. The number of hydrogen-bond acceptors (Lipinski definition) is 3. The number of aryl methyl sites for hydroxylation is 1. The van der Waals surface area contributed by atoms with Crippen LogP contribution in [0.1, 0.15) is 34.0 Å². The Hall–Kier alpha value is -2.68. The fraction of sp³-hybridized carbons (Fsp3) is 0.111. The first-order valence-corrected chi connectivity index (χ1v) is 6.84. The molecule has 1 aliphatic rings. The lowest BCUT2D eigenvalue weighted by Crippen LogP contribution is -2.23. The van der Waals surface area contributed by atoms with Crippen LogP contribution in [0.15, 0.2) is 48.5 Å². The summed E-state index contributed by atoms with van der Waals surface area (Å²) >= 11 is 0. The van der Waals surface area contributed by atoms with Gasteiger partial charge < -0.3 is 5.11 Å². The Morgan fingerprint density at radius 3 is 2.10 bits per heavy atom. The predicted molar refractivity (Wildman–Crippen MR) is 81.0 cm³/mol. The number of rotatable bonds is 2. The van der Waals surface area contributed by atoms with E-state index in [2.05, 4.69) is 0 Å². The van der Waals surface area contributed by atoms with E-state index in [9.17, 15) is 14.7 Å². The molecule has 0 saturated heterocycles. The van der Waals surface area contributed by atoms with Crippen LogP contribution in [-0.2, 0) is 11.2 Å². The molecule has 3 rings (SSSR count). The van der Waals surface area contributed by atoms with E-state index in [1.165, 1.54) is 0 Å². The molecule has 0 amide bonds. The number of aliphatic hydroxyl groups excluding tert-OH is 1. The van der Waals surface area contributed by atoms with Crippen LogP contribution in [0.4, 0.5) is 0 Å². The molecule has 0 unspecified atom stereocenters. The van der Waals surface area contributed by atoms with Crippen molar-refractivity contribution in [3.63, 3.8) is 0 Å². The topological polar surface area (TPSA) is 54.4 Å². The SMILES string of the molecule is CCc1ccc(C2=C(O)c3ccccc3C(=O)C2=O)cc1. The molecule has 2 aromatic rings. The molecule has 0 aliphatic heterocycles. The van der Waals surface area contributed by atoms with Gasteiger partial charge in [-0.2, -0.15) is 0 Å². The molecule has 1 aliphatic carbocycles. The molecule has 0 bridgehead atoms. The van der Waals surface area contributed by atoms with Crippen LogP contribution in [0, 0.1) is 0 Å². The molecule has 0 atom stereocenters. The van der Waals surface area contributed by atoms with E-state index in [4.69, 9.17) is 0 Å². The molecule has 0 heterocycles. The van der Waals surface area contributed by atoms with E-state index in [1.807, 2.05) is 19.1 Å². The van der Waals surface area contributed by atoms with Crippen molar-refractivity contribution in [3.05, 3.63) is 70.8 Å². The zero-order chi connectivity index (χ0) is 15.0. The highest BCUT2D eigenvalue weighted by Gasteiger charge is 2.33. The van der Waals surface area contributed by atoms with E-state index in [0.717, 1.165) is 12.0 Å². The van der Waals surface area contributed by atoms with Crippen LogP contribution in [0.2, 0.25) is 0 Å². The Morgan fingerprint density at radius 2 is 1.48 bits per heavy atom. The van der Waals surface area contributed by atoms with E-state index >= 15 is 0 Å². The molecule has 0 saturated carbocycles. The third kappa shape index (κ3) is 2.07. The first-order chi connectivity index (χ1) is 10.1. The molecule has 3 heteroatoms. The Bertz CT molecular complexity index is 767. The number of hydrogen-bond donors (Lipinski definition) is 1. The molecule has 0 aromatic heterocycles. The lowest BCUT2D eigenvalue weighted by molar-refractivity contribution is -0.110. The summed E-state index contributed by atoms with van der Waals surface area (Å²) in [5.41, 5.74) is 2.46. The van der Waals surface area contributed by atoms with Gasteiger partial charge in [0.25, 0.3) is 0 Å². The molecule has 2 aromatic carbocycles. The van der Waals surface area contributed by atoms with E-state index in [1.54, 1.807) is 36.4 Å². The smallest absolute Gasteiger partial charge is 0.237 e. The van der Waals surface area contributed by atoms with Crippen LogP contribution in [-0.4, -0.2) is 16.7 Å². The fourth-order valence-corrected chi connectivity index (χ4v) is 2.54. The second-order valence-electron chi connectivity index (χ2n) is 4.98. The number of allylic oxidation sites excluding steroid dienone is 1. The number of Topliss-reactive ketones (excluding diaryl/α,β-unsaturated/α-hetero) is 2. The normalized spacial score (nSPS) is 14.3. The van der Waals surface area contributed by atoms with Crippen LogP contribution in [0.25, 0.3) is 11.3 Å². The second kappa shape index (κ2) is 5.02. The van der Waals surface area contributed by atoms with E-state index in [0.29, 0.717) is 11.1 Å². The molecule has 0 radical (unpaired) electrons. The van der Waals surface area contributed by atoms with Crippen molar-refractivity contribution >= 4 is 22.9 Å². The van der Waals surface area contributed by atoms with Gasteiger partial charge in [-0.05, 0) is 17.5 Å². The number of aliphatic hydroxyl groups is 1. The van der Waals surface area contributed by atoms with Gasteiger partial charge in [-0.1, -0.05) is 55.5 Å². The minimum Gasteiger partial charge on any atom is -0.506 e. The molecule has 21 heavy (non-hydrogen) atoms. The lowest BCUT2D eigenvalue weighted by Gasteiger charge is -2.18. The van der Waals surface area contributed by atoms with Crippen LogP contribution in [0.5, 0.6) is 0 Å². The van der Waals surface area contributed by atoms with Gasteiger partial charge in [-0.15, -0.1) is 0 Å². The number of carbonyl (C=O) groups is 2. The van der Waals surface area contributed by atoms with Gasteiger partial charge in [-0.3, -0.25) is 9.59 Å². The minimum atomic E-state index is -0.657. The number of ketones is 2. The molecular formula is C18H14O3. The lowest BCUT2D eigenvalue weighted by atomic mass is 9.85. The molecule has 0 fully saturated rings. The van der Waals surface area contributed by atoms with Crippen molar-refractivity contribution in [2.75, 3.05) is 0 Å². The monoisotopic (exact) mass is 278 g/mol. The molecule has 104 valence electrons. The Morgan fingerprint density at radius 1 is 0.857 bits per heavy atom. The van der Waals surface area contributed by atoms with Crippen LogP contribution in [0.3, 0.4) is 0 Å². The summed E-state index contributed by atoms with van der Waals surface area (Å²) < 4.78 is 0. The Kier molecular flexibility index (Phi) is 3.18. The van der Waals surface area contributed by atoms with Gasteiger partial charge in [0.05, 0.1) is 5.57 Å². The average molecular weight is 278 g/mol. The van der Waals surface area contributed by atoms with Crippen molar-refractivity contribution < 1.29 is 14.7 Å². The quantitative estimate of drug-likeness (QED) is 0.856. The van der Waals surface area contributed by atoms with Crippen molar-refractivity contribution in [1.29, 1.82) is 0 Å². The van der Waals surface area contributed by atoms with Crippen LogP contribution >= 0.6 is 0 Å². The summed E-state index contributed by atoms with van der Waals surface area (Å²) in [6.07, 6.45) is 0.890. The average Bonchev–Trinajstić information content (AvgIpc) is 2.53. The van der Waals surface area contributed by atoms with E-state index < -0.39 is 11.6 Å². The Labute approximate surface area is 122 Å². The summed E-state index contributed by atoms with van der Waals surface area (Å²) in [6.45, 7) is 2.04. The van der Waals surface area contributed by atoms with Gasteiger partial charge in [0.15, 0.2) is 0 Å². The van der Waals surface area contributed by atoms with Gasteiger partial charge in [0.1, 0.15) is 5.76 Å². The van der Waals surface area contributed by atoms with Gasteiger partial charge in [0.2, 0.25) is 11.6 Å². The predicted octanol–water partition coefficient (Wildman–Crippen LogP) is 3.44. The standard InChI is InChI=1S/C18H14O3/c1-2-11-7-9-12(10-8-11)15-16(19)13-5-3-4-6-14(13)17(20)18(15)21/h3-10,19H,2H2,1H3. The van der Waals surface area contributed by atoms with Crippen molar-refractivity contribution in [2.24, 2.45) is 0 Å². The first kappa shape index (κ1) is 13.3. The second-order valence-corrected chi connectivity index (χ2v) is 4.98. The highest BCUT2D eigenvalue weighted by molar-refractivity contribution is 6.62. The summed E-state index contributed by atoms with van der Waals surface area (Å²) in [7, 11) is 0. The summed E-state index contributed by atoms with van der Waals surface area (Å²) in [6, 6.07) is 13.9. The highest BCUT2D eigenvalue weighted by atomic mass is 16.3. The van der Waals surface area contributed by atoms with Gasteiger partial charge in [-0.25, -0.2) is 0 Å². The maximum absolute atomic E-state index is 12.3. The third-order valence-corrected chi connectivity index (χ3v) is 3.75. The summed E-state index contributed by atoms with van der Waals surface area (Å²) in [5, 5.41) is 10.4. The van der Waals surface area contributed by atoms with Crippen molar-refractivity contribution in [2.45, 2.75) is 13.3 Å². The Balaban J connectivity index is 2.20. The van der Waals surface area contributed by atoms with Gasteiger partial charge >= 0.3 is 0 Å². The molecule has 1 N–H and O–H groups in total. The maximum atomic E-state index is 12.3. The first-order valence-electron chi connectivity index (χ1n) is 6.84. The molecule has 3 nitrogen and oxygen atoms in total. The summed E-state index contributed by atoms with van der Waals surface area (Å²) in [5.74, 6) is -1.35. The van der Waals surface area contributed by atoms with Crippen molar-refractivity contribution in [3.8, 4) is 0 Å². The number of benzene rings is 2. The van der Waals surface area contributed by atoms with Gasteiger partial charge in [0, 0.05) is 11.1 Å². The zero-order valence-corrected chi connectivity index (χ0v) is 11.6. The zero-order valence-electron chi connectivity index (χ0n) is 11.6. The molecular weight excluding hydrogens is 264 g/mol. The largest absolute Gasteiger partial charge is 0.506 e. The number of carbonyl (C=O) groups excluding carboxylic acids is 2. The summed E-state index contributed by atoms with van der Waals surface area (Å²) in [4.78, 5) is 24.5. The van der Waals surface area contributed by atoms with E-state index in [-0.39, 0.29) is 16.9 Å². The van der Waals surface area contributed by atoms with Crippen LogP contribution < -0.4 is 0 Å². The minimum absolute atomic E-state index is 0.0846. The number of fused-ring (bicyclic) bond motifs is 1. The third-order valence-electron chi connectivity index (χ3n) is 3.75. The fourth-order valence-electron chi connectivity index (χ4n) is 2.54. The maximum Gasteiger partial charge on any atom is 0.237 e. The molecule has 0 spiro atoms. The van der Waals surface area contributed by atoms with Crippen molar-refractivity contribution in [1.82, 2.24) is 0 Å².